The Morgan fingerprint density at radius 3 is 2.83 bits per heavy atom. The molecular weight excluding hydrogens is 244 g/mol. The molecule has 2 aromatic rings. The molecule has 96 valence electrons. The molecule has 0 amide bonds. The lowest BCUT2D eigenvalue weighted by atomic mass is 9.82. The van der Waals surface area contributed by atoms with Crippen LogP contribution in [0, 0.1) is 0 Å². The average molecular weight is 262 g/mol. The Labute approximate surface area is 111 Å². The lowest BCUT2D eigenvalue weighted by molar-refractivity contribution is 0.334. The zero-order valence-corrected chi connectivity index (χ0v) is 11.6. The molecular formula is C14H18N2OS. The van der Waals surface area contributed by atoms with E-state index in [0.717, 1.165) is 24.4 Å². The van der Waals surface area contributed by atoms with Crippen molar-refractivity contribution in [2.45, 2.75) is 25.2 Å². The monoisotopic (exact) mass is 262 g/mol. The number of aromatic nitrogens is 1. The summed E-state index contributed by atoms with van der Waals surface area (Å²) in [6.07, 6.45) is 2.34. The first kappa shape index (κ1) is 11.9. The molecule has 0 spiro atoms. The van der Waals surface area contributed by atoms with Crippen LogP contribution in [-0.4, -0.2) is 25.2 Å². The van der Waals surface area contributed by atoms with Crippen LogP contribution in [0.1, 0.15) is 24.8 Å². The molecule has 0 saturated carbocycles. The number of rotatable bonds is 2. The number of nitrogens with one attached hydrogen (secondary N) is 1. The highest BCUT2D eigenvalue weighted by Crippen LogP contribution is 2.38. The SMILES string of the molecule is COc1ccc2nc(C3(C)CCNCC3)sc2c1. The maximum Gasteiger partial charge on any atom is 0.120 e. The van der Waals surface area contributed by atoms with Crippen molar-refractivity contribution in [1.82, 2.24) is 10.3 Å². The molecule has 0 bridgehead atoms. The van der Waals surface area contributed by atoms with Crippen molar-refractivity contribution >= 4 is 21.6 Å². The molecule has 0 radical (unpaired) electrons. The molecule has 1 aliphatic rings. The van der Waals surface area contributed by atoms with Crippen LogP contribution in [0.4, 0.5) is 0 Å². The Hall–Kier alpha value is -1.13. The Bertz CT molecular complexity index is 558. The minimum absolute atomic E-state index is 0.238. The van der Waals surface area contributed by atoms with Crippen LogP contribution in [0.2, 0.25) is 0 Å². The predicted octanol–water partition coefficient (Wildman–Crippen LogP) is 2.95. The summed E-state index contributed by atoms with van der Waals surface area (Å²) in [6, 6.07) is 6.12. The van der Waals surface area contributed by atoms with E-state index < -0.39 is 0 Å². The van der Waals surface area contributed by atoms with Gasteiger partial charge in [-0.15, -0.1) is 11.3 Å². The maximum absolute atomic E-state index is 5.27. The summed E-state index contributed by atoms with van der Waals surface area (Å²) in [7, 11) is 1.71. The molecule has 0 unspecified atom stereocenters. The first-order chi connectivity index (χ1) is 8.71. The summed E-state index contributed by atoms with van der Waals surface area (Å²) in [6.45, 7) is 4.52. The molecule has 4 heteroatoms. The number of methoxy groups -OCH3 is 1. The van der Waals surface area contributed by atoms with E-state index >= 15 is 0 Å². The lowest BCUT2D eigenvalue weighted by Gasteiger charge is -2.31. The Morgan fingerprint density at radius 2 is 2.11 bits per heavy atom. The Balaban J connectivity index is 2.02. The van der Waals surface area contributed by atoms with Crippen molar-refractivity contribution < 1.29 is 4.74 Å². The van der Waals surface area contributed by atoms with E-state index in [4.69, 9.17) is 9.72 Å². The second-order valence-corrected chi connectivity index (χ2v) is 6.19. The number of hydrogen-bond donors (Lipinski definition) is 1. The number of benzene rings is 1. The number of hydrogen-bond acceptors (Lipinski definition) is 4. The second kappa shape index (κ2) is 4.52. The van der Waals surface area contributed by atoms with Crippen molar-refractivity contribution in [3.05, 3.63) is 23.2 Å². The number of fused-ring (bicyclic) bond motifs is 1. The summed E-state index contributed by atoms with van der Waals surface area (Å²) in [5.41, 5.74) is 1.33. The maximum atomic E-state index is 5.27. The zero-order valence-electron chi connectivity index (χ0n) is 10.8. The molecule has 1 saturated heterocycles. The van der Waals surface area contributed by atoms with Crippen LogP contribution in [0.3, 0.4) is 0 Å². The standard InChI is InChI=1S/C14H18N2OS/c1-14(5-7-15-8-6-14)13-16-11-4-3-10(17-2)9-12(11)18-13/h3-4,9,15H,5-8H2,1-2H3. The molecule has 1 N–H and O–H groups in total. The van der Waals surface area contributed by atoms with Gasteiger partial charge in [-0.2, -0.15) is 0 Å². The summed E-state index contributed by atoms with van der Waals surface area (Å²) in [5, 5.41) is 4.69. The van der Waals surface area contributed by atoms with Crippen molar-refractivity contribution in [2.75, 3.05) is 20.2 Å². The van der Waals surface area contributed by atoms with E-state index in [1.54, 1.807) is 7.11 Å². The van der Waals surface area contributed by atoms with Crippen LogP contribution in [0.25, 0.3) is 10.2 Å². The molecule has 0 aliphatic carbocycles. The van der Waals surface area contributed by atoms with Gasteiger partial charge in [0.15, 0.2) is 0 Å². The van der Waals surface area contributed by atoms with Gasteiger partial charge in [-0.3, -0.25) is 0 Å². The van der Waals surface area contributed by atoms with Gasteiger partial charge in [0.25, 0.3) is 0 Å². The Morgan fingerprint density at radius 1 is 1.33 bits per heavy atom. The van der Waals surface area contributed by atoms with Gasteiger partial charge in [0.2, 0.25) is 0 Å². The topological polar surface area (TPSA) is 34.1 Å². The third-order valence-corrected chi connectivity index (χ3v) is 5.14. The quantitative estimate of drug-likeness (QED) is 0.903. The Kier molecular flexibility index (Phi) is 2.99. The number of ether oxygens (including phenoxy) is 1. The van der Waals surface area contributed by atoms with E-state index in [9.17, 15) is 0 Å². The minimum Gasteiger partial charge on any atom is -0.497 e. The van der Waals surface area contributed by atoms with Crippen LogP contribution < -0.4 is 10.1 Å². The predicted molar refractivity (Wildman–Crippen MR) is 75.6 cm³/mol. The summed E-state index contributed by atoms with van der Waals surface area (Å²) in [5.74, 6) is 0.910. The van der Waals surface area contributed by atoms with Gasteiger partial charge in [-0.1, -0.05) is 6.92 Å². The second-order valence-electron chi connectivity index (χ2n) is 5.16. The molecule has 1 fully saturated rings. The summed E-state index contributed by atoms with van der Waals surface area (Å²) < 4.78 is 6.50. The third-order valence-electron chi connectivity index (χ3n) is 3.82. The number of nitrogens with zero attached hydrogens (tertiary/aromatic N) is 1. The van der Waals surface area contributed by atoms with Gasteiger partial charge >= 0.3 is 0 Å². The fourth-order valence-corrected chi connectivity index (χ4v) is 3.68. The van der Waals surface area contributed by atoms with Gasteiger partial charge in [0.1, 0.15) is 5.75 Å². The van der Waals surface area contributed by atoms with E-state index in [-0.39, 0.29) is 5.41 Å². The molecule has 0 atom stereocenters. The van der Waals surface area contributed by atoms with Crippen LogP contribution in [0.5, 0.6) is 5.75 Å². The highest BCUT2D eigenvalue weighted by atomic mass is 32.1. The largest absolute Gasteiger partial charge is 0.497 e. The fourth-order valence-electron chi connectivity index (χ4n) is 2.48. The van der Waals surface area contributed by atoms with Gasteiger partial charge in [0.05, 0.1) is 22.3 Å². The van der Waals surface area contributed by atoms with Crippen LogP contribution in [-0.2, 0) is 5.41 Å². The number of thiazole rings is 1. The van der Waals surface area contributed by atoms with E-state index in [0.29, 0.717) is 0 Å². The normalized spacial score (nSPS) is 19.0. The van der Waals surface area contributed by atoms with Crippen LogP contribution in [0.15, 0.2) is 18.2 Å². The molecule has 1 aliphatic heterocycles. The van der Waals surface area contributed by atoms with Crippen LogP contribution >= 0.6 is 11.3 Å². The smallest absolute Gasteiger partial charge is 0.120 e. The molecule has 1 aromatic carbocycles. The third kappa shape index (κ3) is 1.99. The van der Waals surface area contributed by atoms with Crippen molar-refractivity contribution in [1.29, 1.82) is 0 Å². The highest BCUT2D eigenvalue weighted by Gasteiger charge is 2.31. The first-order valence-corrected chi connectivity index (χ1v) is 7.19. The lowest BCUT2D eigenvalue weighted by Crippen LogP contribution is -2.37. The molecule has 3 nitrogen and oxygen atoms in total. The van der Waals surface area contributed by atoms with Crippen molar-refractivity contribution in [3.63, 3.8) is 0 Å². The minimum atomic E-state index is 0.238. The average Bonchev–Trinajstić information content (AvgIpc) is 2.83. The fraction of sp³-hybridized carbons (Fsp3) is 0.500. The van der Waals surface area contributed by atoms with Crippen molar-refractivity contribution in [2.24, 2.45) is 0 Å². The van der Waals surface area contributed by atoms with E-state index in [1.165, 1.54) is 22.5 Å². The van der Waals surface area contributed by atoms with Gasteiger partial charge in [0, 0.05) is 5.41 Å². The summed E-state index contributed by atoms with van der Waals surface area (Å²) >= 11 is 1.81. The number of piperidine rings is 1. The first-order valence-electron chi connectivity index (χ1n) is 6.37. The van der Waals surface area contributed by atoms with Gasteiger partial charge in [-0.25, -0.2) is 4.98 Å². The zero-order chi connectivity index (χ0) is 12.6. The van der Waals surface area contributed by atoms with Gasteiger partial charge < -0.3 is 10.1 Å². The van der Waals surface area contributed by atoms with E-state index in [1.807, 2.05) is 17.4 Å². The highest BCUT2D eigenvalue weighted by molar-refractivity contribution is 7.18. The molecule has 2 heterocycles. The molecule has 1 aromatic heterocycles. The van der Waals surface area contributed by atoms with Gasteiger partial charge in [-0.05, 0) is 44.1 Å². The van der Waals surface area contributed by atoms with Crippen molar-refractivity contribution in [3.8, 4) is 5.75 Å². The molecule has 18 heavy (non-hydrogen) atoms. The summed E-state index contributed by atoms with van der Waals surface area (Å²) in [4.78, 5) is 4.82. The molecule has 3 rings (SSSR count). The van der Waals surface area contributed by atoms with E-state index in [2.05, 4.69) is 24.4 Å².